The summed E-state index contributed by atoms with van der Waals surface area (Å²) in [6.07, 6.45) is 1.93. The molecule has 0 N–H and O–H groups in total. The predicted octanol–water partition coefficient (Wildman–Crippen LogP) is 0.366. The van der Waals surface area contributed by atoms with Crippen LogP contribution in [0.25, 0.3) is 0 Å². The van der Waals surface area contributed by atoms with Gasteiger partial charge in [-0.15, -0.1) is 0 Å². The molecule has 2 amide bonds. The van der Waals surface area contributed by atoms with Gasteiger partial charge in [0.2, 0.25) is 0 Å². The zero-order chi connectivity index (χ0) is 15.0. The Morgan fingerprint density at radius 3 is 2.05 bits per heavy atom. The molecule has 20 heavy (non-hydrogen) atoms. The van der Waals surface area contributed by atoms with Crippen LogP contribution in [0.2, 0.25) is 0 Å². The second-order valence-electron chi connectivity index (χ2n) is 5.25. The van der Waals surface area contributed by atoms with Crippen LogP contribution in [-0.2, 0) is 19.1 Å². The van der Waals surface area contributed by atoms with Crippen molar-refractivity contribution in [1.29, 1.82) is 0 Å². The van der Waals surface area contributed by atoms with Crippen LogP contribution in [0.3, 0.4) is 0 Å². The van der Waals surface area contributed by atoms with E-state index >= 15 is 0 Å². The van der Waals surface area contributed by atoms with E-state index in [-0.39, 0.29) is 0 Å². The van der Waals surface area contributed by atoms with E-state index in [2.05, 4.69) is 6.92 Å². The highest BCUT2D eigenvalue weighted by Crippen LogP contribution is 2.16. The molecule has 1 fully saturated rings. The van der Waals surface area contributed by atoms with Crippen molar-refractivity contribution in [2.24, 2.45) is 5.92 Å². The lowest BCUT2D eigenvalue weighted by molar-refractivity contribution is -0.153. The van der Waals surface area contributed by atoms with Crippen LogP contribution in [0.15, 0.2) is 0 Å². The minimum atomic E-state index is -0.450. The monoisotopic (exact) mass is 286 g/mol. The molecule has 0 aliphatic carbocycles. The van der Waals surface area contributed by atoms with Gasteiger partial charge in [0.05, 0.1) is 13.2 Å². The number of hydrogen-bond donors (Lipinski definition) is 0. The van der Waals surface area contributed by atoms with E-state index in [1.807, 2.05) is 0 Å². The molecule has 1 rings (SSSR count). The standard InChI is InChI=1S/C14H26N2O4/c1-12-4-6-15(7-5-12)13(17)14(18)16(8-10-19-2)9-11-20-3/h12H,4-11H2,1-3H3. The van der Waals surface area contributed by atoms with Gasteiger partial charge in [-0.1, -0.05) is 6.92 Å². The maximum Gasteiger partial charge on any atom is 0.312 e. The summed E-state index contributed by atoms with van der Waals surface area (Å²) in [5.74, 6) is -0.218. The Labute approximate surface area is 121 Å². The van der Waals surface area contributed by atoms with E-state index in [0.29, 0.717) is 45.3 Å². The summed E-state index contributed by atoms with van der Waals surface area (Å²) in [7, 11) is 3.15. The number of carbonyl (C=O) groups is 2. The zero-order valence-corrected chi connectivity index (χ0v) is 12.8. The number of nitrogens with zero attached hydrogens (tertiary/aromatic N) is 2. The summed E-state index contributed by atoms with van der Waals surface area (Å²) in [4.78, 5) is 27.7. The highest BCUT2D eigenvalue weighted by atomic mass is 16.5. The minimum Gasteiger partial charge on any atom is -0.383 e. The summed E-state index contributed by atoms with van der Waals surface area (Å²) in [6, 6.07) is 0. The Bertz CT molecular complexity index is 306. The molecule has 0 aromatic rings. The third kappa shape index (κ3) is 5.09. The lowest BCUT2D eigenvalue weighted by atomic mass is 9.99. The first-order valence-electron chi connectivity index (χ1n) is 7.16. The van der Waals surface area contributed by atoms with Gasteiger partial charge in [0, 0.05) is 40.4 Å². The number of ether oxygens (including phenoxy) is 2. The molecular formula is C14H26N2O4. The fraction of sp³-hybridized carbons (Fsp3) is 0.857. The number of likely N-dealkylation sites (tertiary alicyclic amines) is 1. The van der Waals surface area contributed by atoms with E-state index in [9.17, 15) is 9.59 Å². The molecule has 0 radical (unpaired) electrons. The summed E-state index contributed by atoms with van der Waals surface area (Å²) in [5.41, 5.74) is 0. The van der Waals surface area contributed by atoms with Gasteiger partial charge in [0.1, 0.15) is 0 Å². The quantitative estimate of drug-likeness (QED) is 0.662. The lowest BCUT2D eigenvalue weighted by Crippen LogP contribution is -2.49. The van der Waals surface area contributed by atoms with E-state index in [1.165, 1.54) is 4.90 Å². The molecule has 0 bridgehead atoms. The second kappa shape index (κ2) is 8.92. The van der Waals surface area contributed by atoms with E-state index in [1.54, 1.807) is 19.1 Å². The molecule has 116 valence electrons. The molecule has 0 aromatic heterocycles. The van der Waals surface area contributed by atoms with Crippen LogP contribution < -0.4 is 0 Å². The van der Waals surface area contributed by atoms with Crippen molar-refractivity contribution in [3.8, 4) is 0 Å². The molecule has 0 spiro atoms. The van der Waals surface area contributed by atoms with Crippen molar-refractivity contribution in [2.45, 2.75) is 19.8 Å². The number of amides is 2. The third-order valence-corrected chi connectivity index (χ3v) is 3.67. The summed E-state index contributed by atoms with van der Waals surface area (Å²) >= 11 is 0. The van der Waals surface area contributed by atoms with Gasteiger partial charge in [0.25, 0.3) is 0 Å². The zero-order valence-electron chi connectivity index (χ0n) is 12.8. The molecule has 6 heteroatoms. The Morgan fingerprint density at radius 2 is 1.60 bits per heavy atom. The smallest absolute Gasteiger partial charge is 0.312 e. The minimum absolute atomic E-state index is 0.399. The molecule has 0 atom stereocenters. The fourth-order valence-corrected chi connectivity index (χ4v) is 2.20. The summed E-state index contributed by atoms with van der Waals surface area (Å²) < 4.78 is 9.96. The normalized spacial score (nSPS) is 16.2. The van der Waals surface area contributed by atoms with E-state index in [4.69, 9.17) is 9.47 Å². The molecule has 0 aromatic carbocycles. The van der Waals surface area contributed by atoms with Crippen LogP contribution in [0.1, 0.15) is 19.8 Å². The van der Waals surface area contributed by atoms with Gasteiger partial charge in [-0.2, -0.15) is 0 Å². The second-order valence-corrected chi connectivity index (χ2v) is 5.25. The number of methoxy groups -OCH3 is 2. The van der Waals surface area contributed by atoms with Gasteiger partial charge >= 0.3 is 11.8 Å². The van der Waals surface area contributed by atoms with Crippen molar-refractivity contribution in [3.63, 3.8) is 0 Å². The van der Waals surface area contributed by atoms with Gasteiger partial charge in [-0.05, 0) is 18.8 Å². The van der Waals surface area contributed by atoms with Gasteiger partial charge in [0.15, 0.2) is 0 Å². The molecular weight excluding hydrogens is 260 g/mol. The maximum atomic E-state index is 12.3. The molecule has 0 unspecified atom stereocenters. The average Bonchev–Trinajstić information content (AvgIpc) is 2.47. The summed E-state index contributed by atoms with van der Waals surface area (Å²) in [5, 5.41) is 0. The lowest BCUT2D eigenvalue weighted by Gasteiger charge is -2.31. The Balaban J connectivity index is 2.55. The van der Waals surface area contributed by atoms with Crippen LogP contribution in [0.5, 0.6) is 0 Å². The van der Waals surface area contributed by atoms with Crippen molar-refractivity contribution in [1.82, 2.24) is 9.80 Å². The van der Waals surface area contributed by atoms with Crippen molar-refractivity contribution in [3.05, 3.63) is 0 Å². The van der Waals surface area contributed by atoms with Crippen molar-refractivity contribution in [2.75, 3.05) is 53.6 Å². The first kappa shape index (κ1) is 16.9. The van der Waals surface area contributed by atoms with E-state index < -0.39 is 11.8 Å². The van der Waals surface area contributed by atoms with Gasteiger partial charge in [-0.3, -0.25) is 9.59 Å². The predicted molar refractivity (Wildman–Crippen MR) is 75.3 cm³/mol. The largest absolute Gasteiger partial charge is 0.383 e. The Morgan fingerprint density at radius 1 is 1.10 bits per heavy atom. The topological polar surface area (TPSA) is 59.1 Å². The van der Waals surface area contributed by atoms with Crippen molar-refractivity contribution >= 4 is 11.8 Å². The van der Waals surface area contributed by atoms with Crippen LogP contribution in [0, 0.1) is 5.92 Å². The van der Waals surface area contributed by atoms with E-state index in [0.717, 1.165) is 12.8 Å². The van der Waals surface area contributed by atoms with Gasteiger partial charge < -0.3 is 19.3 Å². The SMILES string of the molecule is COCCN(CCOC)C(=O)C(=O)N1CCC(C)CC1. The number of hydrogen-bond acceptors (Lipinski definition) is 4. The maximum absolute atomic E-state index is 12.3. The third-order valence-electron chi connectivity index (χ3n) is 3.67. The highest BCUT2D eigenvalue weighted by molar-refractivity contribution is 6.34. The van der Waals surface area contributed by atoms with Crippen LogP contribution >= 0.6 is 0 Å². The van der Waals surface area contributed by atoms with Crippen LogP contribution in [-0.4, -0.2) is 75.2 Å². The van der Waals surface area contributed by atoms with Crippen LogP contribution in [0.4, 0.5) is 0 Å². The number of rotatable bonds is 6. The first-order valence-corrected chi connectivity index (χ1v) is 7.16. The molecule has 1 heterocycles. The Kier molecular flexibility index (Phi) is 7.54. The molecule has 1 aliphatic rings. The number of piperidine rings is 1. The van der Waals surface area contributed by atoms with Gasteiger partial charge in [-0.25, -0.2) is 0 Å². The van der Waals surface area contributed by atoms with Crippen molar-refractivity contribution < 1.29 is 19.1 Å². The molecule has 1 saturated heterocycles. The highest BCUT2D eigenvalue weighted by Gasteiger charge is 2.28. The average molecular weight is 286 g/mol. The fourth-order valence-electron chi connectivity index (χ4n) is 2.20. The Hall–Kier alpha value is -1.14. The first-order chi connectivity index (χ1) is 9.60. The molecule has 0 saturated carbocycles. The summed E-state index contributed by atoms with van der Waals surface area (Å²) in [6.45, 7) is 5.18. The number of carbonyl (C=O) groups excluding carboxylic acids is 2. The molecule has 6 nitrogen and oxygen atoms in total. The molecule has 1 aliphatic heterocycles.